The first-order chi connectivity index (χ1) is 10.1. The monoisotopic (exact) mass is 287 g/mol. The van der Waals surface area contributed by atoms with Gasteiger partial charge < -0.3 is 15.1 Å². The number of hydrogen-bond acceptors (Lipinski definition) is 3. The third-order valence-corrected chi connectivity index (χ3v) is 5.31. The van der Waals surface area contributed by atoms with Gasteiger partial charge in [-0.1, -0.05) is 12.1 Å². The average molecular weight is 287 g/mol. The lowest BCUT2D eigenvalue weighted by molar-refractivity contribution is 0.0683. The van der Waals surface area contributed by atoms with Crippen molar-refractivity contribution in [3.8, 4) is 0 Å². The molecule has 0 radical (unpaired) electrons. The molecule has 116 valence electrons. The predicted molar refractivity (Wildman–Crippen MR) is 89.8 cm³/mol. The minimum atomic E-state index is 0.390. The van der Waals surface area contributed by atoms with Crippen molar-refractivity contribution in [2.24, 2.45) is 0 Å². The van der Waals surface area contributed by atoms with E-state index in [2.05, 4.69) is 60.5 Å². The zero-order chi connectivity index (χ0) is 14.9. The van der Waals surface area contributed by atoms with Crippen molar-refractivity contribution in [2.75, 3.05) is 32.6 Å². The Kier molecular flexibility index (Phi) is 4.23. The molecule has 3 nitrogen and oxygen atoms in total. The molecule has 2 aliphatic rings. The second-order valence-corrected chi connectivity index (χ2v) is 7.15. The minimum Gasteiger partial charge on any atom is -0.373 e. The quantitative estimate of drug-likeness (QED) is 0.832. The van der Waals surface area contributed by atoms with Crippen LogP contribution in [-0.2, 0) is 6.54 Å². The average Bonchev–Trinajstić information content (AvgIpc) is 3.24. The predicted octanol–water partition coefficient (Wildman–Crippen LogP) is 2.86. The van der Waals surface area contributed by atoms with Gasteiger partial charge >= 0.3 is 0 Å². The van der Waals surface area contributed by atoms with Crippen LogP contribution in [0.4, 0.5) is 5.69 Å². The summed E-state index contributed by atoms with van der Waals surface area (Å²) in [6.45, 7) is 2.13. The number of benzene rings is 1. The second kappa shape index (κ2) is 5.98. The zero-order valence-electron chi connectivity index (χ0n) is 13.7. The molecule has 3 rings (SSSR count). The third kappa shape index (κ3) is 3.41. The molecule has 0 bridgehead atoms. The van der Waals surface area contributed by atoms with E-state index >= 15 is 0 Å². The smallest absolute Gasteiger partial charge is 0.0378 e. The van der Waals surface area contributed by atoms with E-state index in [1.165, 1.54) is 43.4 Å². The summed E-state index contributed by atoms with van der Waals surface area (Å²) in [7, 11) is 6.67. The Labute approximate surface area is 129 Å². The summed E-state index contributed by atoms with van der Waals surface area (Å²) in [5.74, 6) is 0. The Morgan fingerprint density at radius 1 is 1.10 bits per heavy atom. The van der Waals surface area contributed by atoms with Crippen LogP contribution in [0.25, 0.3) is 0 Å². The molecule has 0 unspecified atom stereocenters. The number of nitrogens with one attached hydrogen (secondary N) is 1. The summed E-state index contributed by atoms with van der Waals surface area (Å²) in [5, 5.41) is 3.57. The van der Waals surface area contributed by atoms with E-state index < -0.39 is 0 Å². The van der Waals surface area contributed by atoms with Gasteiger partial charge in [-0.3, -0.25) is 0 Å². The van der Waals surface area contributed by atoms with Crippen molar-refractivity contribution in [1.29, 1.82) is 0 Å². The number of hydrogen-bond donors (Lipinski definition) is 1. The number of anilines is 1. The standard InChI is InChI=1S/C18H29N3/c1-20(2)18(11-4-12-18)14-21(3)17-9-5-15(6-10-17)13-19-16-7-8-16/h5-6,9-10,16,19H,4,7-8,11-14H2,1-3H3. The first-order valence-electron chi connectivity index (χ1n) is 8.30. The molecule has 1 aromatic rings. The van der Waals surface area contributed by atoms with Crippen LogP contribution in [0.15, 0.2) is 24.3 Å². The Morgan fingerprint density at radius 2 is 1.76 bits per heavy atom. The molecule has 3 heteroatoms. The summed E-state index contributed by atoms with van der Waals surface area (Å²) in [6, 6.07) is 9.86. The highest BCUT2D eigenvalue weighted by Crippen LogP contribution is 2.37. The van der Waals surface area contributed by atoms with Gasteiger partial charge in [0.2, 0.25) is 0 Å². The largest absolute Gasteiger partial charge is 0.373 e. The van der Waals surface area contributed by atoms with E-state index in [9.17, 15) is 0 Å². The zero-order valence-corrected chi connectivity index (χ0v) is 13.7. The molecule has 2 saturated carbocycles. The maximum Gasteiger partial charge on any atom is 0.0378 e. The molecule has 0 heterocycles. The number of likely N-dealkylation sites (N-methyl/N-ethyl adjacent to an activating group) is 2. The molecule has 21 heavy (non-hydrogen) atoms. The molecule has 1 N–H and O–H groups in total. The van der Waals surface area contributed by atoms with Crippen LogP contribution in [-0.4, -0.2) is 44.2 Å². The van der Waals surface area contributed by atoms with E-state index in [0.717, 1.165) is 19.1 Å². The van der Waals surface area contributed by atoms with Crippen LogP contribution >= 0.6 is 0 Å². The molecule has 2 aliphatic carbocycles. The van der Waals surface area contributed by atoms with Crippen molar-refractivity contribution in [3.05, 3.63) is 29.8 Å². The van der Waals surface area contributed by atoms with Crippen LogP contribution in [0, 0.1) is 0 Å². The Morgan fingerprint density at radius 3 is 2.24 bits per heavy atom. The maximum absolute atomic E-state index is 3.57. The summed E-state index contributed by atoms with van der Waals surface area (Å²) in [4.78, 5) is 4.83. The van der Waals surface area contributed by atoms with E-state index in [-0.39, 0.29) is 0 Å². The van der Waals surface area contributed by atoms with Crippen LogP contribution < -0.4 is 10.2 Å². The molecule has 0 amide bonds. The van der Waals surface area contributed by atoms with Crippen LogP contribution in [0.3, 0.4) is 0 Å². The SMILES string of the molecule is CN(CC1(N(C)C)CCC1)c1ccc(CNC2CC2)cc1. The molecule has 0 saturated heterocycles. The van der Waals surface area contributed by atoms with Crippen LogP contribution in [0.1, 0.15) is 37.7 Å². The van der Waals surface area contributed by atoms with E-state index in [1.807, 2.05) is 0 Å². The van der Waals surface area contributed by atoms with Gasteiger partial charge in [-0.2, -0.15) is 0 Å². The fourth-order valence-electron chi connectivity index (χ4n) is 3.28. The van der Waals surface area contributed by atoms with Gasteiger partial charge in [0.15, 0.2) is 0 Å². The van der Waals surface area contributed by atoms with Crippen molar-refractivity contribution >= 4 is 5.69 Å². The van der Waals surface area contributed by atoms with Crippen LogP contribution in [0.2, 0.25) is 0 Å². The van der Waals surface area contributed by atoms with Gasteiger partial charge in [0.25, 0.3) is 0 Å². The molecule has 0 aromatic heterocycles. The summed E-state index contributed by atoms with van der Waals surface area (Å²) in [6.07, 6.45) is 6.74. The molecule has 0 aliphatic heterocycles. The van der Waals surface area contributed by atoms with Gasteiger partial charge in [-0.05, 0) is 63.9 Å². The van der Waals surface area contributed by atoms with Crippen molar-refractivity contribution in [3.63, 3.8) is 0 Å². The van der Waals surface area contributed by atoms with Gasteiger partial charge in [0.1, 0.15) is 0 Å². The normalized spacial score (nSPS) is 20.4. The molecule has 0 spiro atoms. The van der Waals surface area contributed by atoms with Crippen molar-refractivity contribution < 1.29 is 0 Å². The molecule has 2 fully saturated rings. The van der Waals surface area contributed by atoms with Gasteiger partial charge in [-0.25, -0.2) is 0 Å². The second-order valence-electron chi connectivity index (χ2n) is 7.15. The number of rotatable bonds is 7. The Bertz CT molecular complexity index is 458. The highest BCUT2D eigenvalue weighted by molar-refractivity contribution is 5.47. The Hall–Kier alpha value is -1.06. The van der Waals surface area contributed by atoms with Gasteiger partial charge in [0, 0.05) is 37.4 Å². The lowest BCUT2D eigenvalue weighted by atomic mass is 9.75. The summed E-state index contributed by atoms with van der Waals surface area (Å²) in [5.41, 5.74) is 3.12. The topological polar surface area (TPSA) is 18.5 Å². The molecular formula is C18H29N3. The summed E-state index contributed by atoms with van der Waals surface area (Å²) >= 11 is 0. The fraction of sp³-hybridized carbons (Fsp3) is 0.667. The lowest BCUT2D eigenvalue weighted by Gasteiger charge is -2.49. The van der Waals surface area contributed by atoms with Gasteiger partial charge in [0.05, 0.1) is 0 Å². The summed E-state index contributed by atoms with van der Waals surface area (Å²) < 4.78 is 0. The lowest BCUT2D eigenvalue weighted by Crippen LogP contribution is -2.56. The van der Waals surface area contributed by atoms with E-state index in [0.29, 0.717) is 5.54 Å². The van der Waals surface area contributed by atoms with Crippen molar-refractivity contribution in [1.82, 2.24) is 10.2 Å². The minimum absolute atomic E-state index is 0.390. The third-order valence-electron chi connectivity index (χ3n) is 5.31. The number of nitrogens with zero attached hydrogens (tertiary/aromatic N) is 2. The fourth-order valence-corrected chi connectivity index (χ4v) is 3.28. The molecule has 1 aromatic carbocycles. The molecular weight excluding hydrogens is 258 g/mol. The van der Waals surface area contributed by atoms with E-state index in [1.54, 1.807) is 0 Å². The Balaban J connectivity index is 1.57. The first kappa shape index (κ1) is 14.9. The van der Waals surface area contributed by atoms with Gasteiger partial charge in [-0.15, -0.1) is 0 Å². The van der Waals surface area contributed by atoms with Crippen molar-refractivity contribution in [2.45, 2.75) is 50.2 Å². The maximum atomic E-state index is 3.57. The van der Waals surface area contributed by atoms with E-state index in [4.69, 9.17) is 0 Å². The van der Waals surface area contributed by atoms with Crippen LogP contribution in [0.5, 0.6) is 0 Å². The highest BCUT2D eigenvalue weighted by atomic mass is 15.2. The first-order valence-corrected chi connectivity index (χ1v) is 8.30. The highest BCUT2D eigenvalue weighted by Gasteiger charge is 2.39. The molecule has 0 atom stereocenters.